The largest absolute Gasteiger partial charge is 0.493 e. The van der Waals surface area contributed by atoms with Gasteiger partial charge in [-0.1, -0.05) is 30.3 Å². The number of amides is 1. The molecule has 3 aromatic carbocycles. The minimum Gasteiger partial charge on any atom is -0.493 e. The van der Waals surface area contributed by atoms with Crippen LogP contribution in [0.5, 0.6) is 11.5 Å². The van der Waals surface area contributed by atoms with Crippen LogP contribution in [0, 0.1) is 15.9 Å². The maximum Gasteiger partial charge on any atom is 0.273 e. The average Bonchev–Trinajstić information content (AvgIpc) is 2.78. The van der Waals surface area contributed by atoms with E-state index in [1.54, 1.807) is 36.4 Å². The zero-order valence-electron chi connectivity index (χ0n) is 17.2. The van der Waals surface area contributed by atoms with Gasteiger partial charge < -0.3 is 9.47 Å². The van der Waals surface area contributed by atoms with Gasteiger partial charge in [0.2, 0.25) is 5.91 Å². The van der Waals surface area contributed by atoms with Crippen LogP contribution in [-0.2, 0) is 17.8 Å². The number of hydrogen-bond acceptors (Lipinski definition) is 6. The number of benzene rings is 3. The van der Waals surface area contributed by atoms with Gasteiger partial charge in [0.25, 0.3) is 5.69 Å². The second-order valence-electron chi connectivity index (χ2n) is 6.68. The predicted octanol–water partition coefficient (Wildman–Crippen LogP) is 4.01. The van der Waals surface area contributed by atoms with E-state index in [0.29, 0.717) is 28.2 Å². The lowest BCUT2D eigenvalue weighted by Gasteiger charge is -2.11. The summed E-state index contributed by atoms with van der Waals surface area (Å²) in [5.74, 6) is 0.0806. The molecule has 0 heterocycles. The number of nitro groups is 1. The number of carbonyl (C=O) groups is 1. The molecule has 0 fully saturated rings. The van der Waals surface area contributed by atoms with Gasteiger partial charge in [-0.3, -0.25) is 14.9 Å². The Morgan fingerprint density at radius 3 is 2.69 bits per heavy atom. The molecule has 164 valence electrons. The molecule has 8 nitrogen and oxygen atoms in total. The Morgan fingerprint density at radius 1 is 1.12 bits per heavy atom. The molecule has 9 heteroatoms. The highest BCUT2D eigenvalue weighted by molar-refractivity contribution is 5.84. The van der Waals surface area contributed by atoms with E-state index in [-0.39, 0.29) is 24.5 Å². The van der Waals surface area contributed by atoms with E-state index in [2.05, 4.69) is 10.5 Å². The summed E-state index contributed by atoms with van der Waals surface area (Å²) >= 11 is 0. The minimum absolute atomic E-state index is 0.120. The highest BCUT2D eigenvalue weighted by atomic mass is 19.1. The summed E-state index contributed by atoms with van der Waals surface area (Å²) in [6.07, 6.45) is 1.24. The number of halogens is 1. The van der Waals surface area contributed by atoms with Gasteiger partial charge in [-0.05, 0) is 41.5 Å². The summed E-state index contributed by atoms with van der Waals surface area (Å²) < 4.78 is 24.3. The third kappa shape index (κ3) is 6.11. The molecule has 0 bridgehead atoms. The Balaban J connectivity index is 1.60. The number of rotatable bonds is 9. The zero-order chi connectivity index (χ0) is 22.9. The zero-order valence-corrected chi connectivity index (χ0v) is 17.2. The molecule has 0 aliphatic heterocycles. The summed E-state index contributed by atoms with van der Waals surface area (Å²) in [6, 6.07) is 17.2. The van der Waals surface area contributed by atoms with Crippen molar-refractivity contribution >= 4 is 17.8 Å². The lowest BCUT2D eigenvalue weighted by atomic mass is 10.1. The van der Waals surface area contributed by atoms with E-state index in [1.807, 2.05) is 0 Å². The first-order chi connectivity index (χ1) is 15.5. The molecule has 0 radical (unpaired) electrons. The highest BCUT2D eigenvalue weighted by Gasteiger charge is 2.15. The molecule has 0 aromatic heterocycles. The average molecular weight is 437 g/mol. The van der Waals surface area contributed by atoms with Crippen molar-refractivity contribution < 1.29 is 23.6 Å². The first-order valence-electron chi connectivity index (χ1n) is 9.55. The van der Waals surface area contributed by atoms with Crippen LogP contribution in [0.2, 0.25) is 0 Å². The van der Waals surface area contributed by atoms with Crippen LogP contribution in [-0.4, -0.2) is 24.2 Å². The second-order valence-corrected chi connectivity index (χ2v) is 6.68. The number of hydrogen-bond donors (Lipinski definition) is 1. The fourth-order valence-electron chi connectivity index (χ4n) is 2.90. The second kappa shape index (κ2) is 10.7. The van der Waals surface area contributed by atoms with Crippen LogP contribution in [0.4, 0.5) is 10.1 Å². The Bertz CT molecular complexity index is 1150. The number of methoxy groups -OCH3 is 1. The number of carbonyl (C=O) groups excluding carboxylic acids is 1. The number of hydrazone groups is 1. The van der Waals surface area contributed by atoms with Gasteiger partial charge in [-0.2, -0.15) is 5.10 Å². The summed E-state index contributed by atoms with van der Waals surface area (Å²) in [4.78, 5) is 22.6. The molecule has 0 saturated heterocycles. The maximum absolute atomic E-state index is 13.3. The van der Waals surface area contributed by atoms with Gasteiger partial charge in [-0.15, -0.1) is 0 Å². The number of para-hydroxylation sites is 1. The summed E-state index contributed by atoms with van der Waals surface area (Å²) in [5, 5.41) is 14.9. The molecule has 0 unspecified atom stereocenters. The first-order valence-corrected chi connectivity index (χ1v) is 9.55. The topological polar surface area (TPSA) is 103 Å². The molecule has 0 saturated carbocycles. The highest BCUT2D eigenvalue weighted by Crippen LogP contribution is 2.28. The van der Waals surface area contributed by atoms with Crippen LogP contribution in [0.1, 0.15) is 16.7 Å². The molecule has 0 aliphatic carbocycles. The van der Waals surface area contributed by atoms with Crippen molar-refractivity contribution in [1.82, 2.24) is 5.43 Å². The summed E-state index contributed by atoms with van der Waals surface area (Å²) in [6.45, 7) is 0.170. The minimum atomic E-state index is -0.532. The molecular formula is C23H20FN3O5. The fraction of sp³-hybridized carbons (Fsp3) is 0.130. The van der Waals surface area contributed by atoms with E-state index in [9.17, 15) is 19.3 Å². The summed E-state index contributed by atoms with van der Waals surface area (Å²) in [5.41, 5.74) is 3.84. The van der Waals surface area contributed by atoms with Crippen LogP contribution in [0.25, 0.3) is 0 Å². The van der Waals surface area contributed by atoms with Gasteiger partial charge in [-0.25, -0.2) is 9.82 Å². The number of nitro benzene ring substituents is 1. The van der Waals surface area contributed by atoms with E-state index < -0.39 is 10.8 Å². The number of nitrogens with one attached hydrogen (secondary N) is 1. The maximum atomic E-state index is 13.3. The van der Waals surface area contributed by atoms with Crippen molar-refractivity contribution in [1.29, 1.82) is 0 Å². The van der Waals surface area contributed by atoms with Crippen LogP contribution in [0.3, 0.4) is 0 Å². The molecule has 1 amide bonds. The molecule has 1 N–H and O–H groups in total. The number of ether oxygens (including phenoxy) is 2. The monoisotopic (exact) mass is 437 g/mol. The van der Waals surface area contributed by atoms with Crippen molar-refractivity contribution in [2.75, 3.05) is 7.11 Å². The van der Waals surface area contributed by atoms with Crippen molar-refractivity contribution in [3.63, 3.8) is 0 Å². The first kappa shape index (κ1) is 22.4. The molecule has 0 spiro atoms. The Labute approximate surface area is 183 Å². The van der Waals surface area contributed by atoms with Gasteiger partial charge in [0.05, 0.1) is 24.7 Å². The normalized spacial score (nSPS) is 10.7. The van der Waals surface area contributed by atoms with E-state index in [1.165, 1.54) is 43.7 Å². The molecule has 3 aromatic rings. The summed E-state index contributed by atoms with van der Waals surface area (Å²) in [7, 11) is 1.49. The number of nitrogens with zero attached hydrogens (tertiary/aromatic N) is 2. The quantitative estimate of drug-likeness (QED) is 0.309. The molecule has 32 heavy (non-hydrogen) atoms. The molecule has 3 rings (SSSR count). The molecular weight excluding hydrogens is 417 g/mol. The van der Waals surface area contributed by atoms with Crippen molar-refractivity contribution in [3.8, 4) is 11.5 Å². The van der Waals surface area contributed by atoms with Crippen LogP contribution < -0.4 is 14.9 Å². The van der Waals surface area contributed by atoms with Crippen LogP contribution >= 0.6 is 0 Å². The van der Waals surface area contributed by atoms with Gasteiger partial charge in [0.1, 0.15) is 12.4 Å². The van der Waals surface area contributed by atoms with E-state index in [0.717, 1.165) is 0 Å². The molecule has 0 atom stereocenters. The van der Waals surface area contributed by atoms with Gasteiger partial charge >= 0.3 is 0 Å². The van der Waals surface area contributed by atoms with E-state index in [4.69, 9.17) is 9.47 Å². The lowest BCUT2D eigenvalue weighted by Crippen LogP contribution is -2.20. The third-order valence-corrected chi connectivity index (χ3v) is 4.41. The Kier molecular flexibility index (Phi) is 7.47. The van der Waals surface area contributed by atoms with Crippen molar-refractivity contribution in [2.45, 2.75) is 13.0 Å². The standard InChI is InChI=1S/C23H20FN3O5/c1-31-22-12-16(9-10-21(22)32-15-17-5-4-7-19(24)11-17)14-25-26-23(28)13-18-6-2-3-8-20(18)27(29)30/h2-12,14H,13,15H2,1H3,(H,26,28)/b25-14+. The van der Waals surface area contributed by atoms with E-state index >= 15 is 0 Å². The molecule has 0 aliphatic rings. The smallest absolute Gasteiger partial charge is 0.273 e. The lowest BCUT2D eigenvalue weighted by molar-refractivity contribution is -0.385. The Hall–Kier alpha value is -4.27. The van der Waals surface area contributed by atoms with Crippen molar-refractivity contribution in [3.05, 3.63) is 99.4 Å². The van der Waals surface area contributed by atoms with Crippen molar-refractivity contribution in [2.24, 2.45) is 5.10 Å². The Morgan fingerprint density at radius 2 is 1.94 bits per heavy atom. The predicted molar refractivity (Wildman–Crippen MR) is 116 cm³/mol. The van der Waals surface area contributed by atoms with Crippen LogP contribution in [0.15, 0.2) is 71.8 Å². The third-order valence-electron chi connectivity index (χ3n) is 4.41. The van der Waals surface area contributed by atoms with Gasteiger partial charge in [0, 0.05) is 11.6 Å². The van der Waals surface area contributed by atoms with Gasteiger partial charge in [0.15, 0.2) is 11.5 Å². The fourth-order valence-corrected chi connectivity index (χ4v) is 2.90. The SMILES string of the molecule is COc1cc(/C=N/NC(=O)Cc2ccccc2[N+](=O)[O-])ccc1OCc1cccc(F)c1.